The standard InChI is InChI=1S/C30H34O6S/c1-3-37-30-28(33-19-22-14-16-24(31-2)17-15-22)27(32-18-21-10-6-4-7-11-21)26-25(35-30)20-34-29(36-26)23-12-8-5-9-13-23/h4-17,25-30H,3,18-20H2,1-2H3/t25-,26-,27+,28-,29?,30+/m1/s1. The second kappa shape index (κ2) is 12.9. The van der Waals surface area contributed by atoms with Crippen molar-refractivity contribution in [2.75, 3.05) is 19.5 Å². The van der Waals surface area contributed by atoms with Gasteiger partial charge < -0.3 is 28.4 Å². The van der Waals surface area contributed by atoms with Crippen LogP contribution in [0.4, 0.5) is 0 Å². The summed E-state index contributed by atoms with van der Waals surface area (Å²) in [6.07, 6.45) is -1.72. The Labute approximate surface area is 223 Å². The molecule has 0 amide bonds. The van der Waals surface area contributed by atoms with Crippen molar-refractivity contribution in [2.24, 2.45) is 0 Å². The first-order valence-electron chi connectivity index (χ1n) is 12.7. The zero-order valence-electron chi connectivity index (χ0n) is 21.2. The van der Waals surface area contributed by atoms with E-state index in [2.05, 4.69) is 19.1 Å². The maximum Gasteiger partial charge on any atom is 0.184 e. The summed E-state index contributed by atoms with van der Waals surface area (Å²) in [6, 6.07) is 28.1. The van der Waals surface area contributed by atoms with Crippen molar-refractivity contribution in [1.82, 2.24) is 0 Å². The first kappa shape index (κ1) is 26.2. The maximum absolute atomic E-state index is 6.62. The Balaban J connectivity index is 1.39. The van der Waals surface area contributed by atoms with E-state index in [4.69, 9.17) is 28.4 Å². The molecule has 3 aromatic rings. The minimum Gasteiger partial charge on any atom is -0.497 e. The van der Waals surface area contributed by atoms with Gasteiger partial charge in [-0.1, -0.05) is 79.7 Å². The fourth-order valence-electron chi connectivity index (χ4n) is 4.67. The molecule has 2 heterocycles. The zero-order chi connectivity index (χ0) is 25.5. The summed E-state index contributed by atoms with van der Waals surface area (Å²) in [5.41, 5.74) is 2.93. The minimum absolute atomic E-state index is 0.203. The van der Waals surface area contributed by atoms with Crippen LogP contribution in [0.1, 0.15) is 29.9 Å². The predicted octanol–water partition coefficient (Wildman–Crippen LogP) is 5.76. The van der Waals surface area contributed by atoms with Crippen LogP contribution in [0.5, 0.6) is 5.75 Å². The van der Waals surface area contributed by atoms with Crippen molar-refractivity contribution in [3.8, 4) is 5.75 Å². The van der Waals surface area contributed by atoms with Crippen molar-refractivity contribution in [3.63, 3.8) is 0 Å². The summed E-state index contributed by atoms with van der Waals surface area (Å²) in [7, 11) is 1.67. The van der Waals surface area contributed by atoms with E-state index < -0.39 is 6.29 Å². The third-order valence-corrected chi connectivity index (χ3v) is 7.61. The van der Waals surface area contributed by atoms with Gasteiger partial charge in [-0.15, -0.1) is 11.8 Å². The highest BCUT2D eigenvalue weighted by molar-refractivity contribution is 7.99. The molecule has 2 aliphatic rings. The molecule has 2 fully saturated rings. The fraction of sp³-hybridized carbons (Fsp3) is 0.400. The highest BCUT2D eigenvalue weighted by atomic mass is 32.2. The molecule has 0 aliphatic carbocycles. The molecule has 5 rings (SSSR count). The van der Waals surface area contributed by atoms with Crippen LogP contribution in [0.15, 0.2) is 84.9 Å². The minimum atomic E-state index is -0.480. The highest BCUT2D eigenvalue weighted by Crippen LogP contribution is 2.39. The topological polar surface area (TPSA) is 55.4 Å². The summed E-state index contributed by atoms with van der Waals surface area (Å²) in [6.45, 7) is 3.45. The van der Waals surface area contributed by atoms with Gasteiger partial charge in [-0.05, 0) is 29.0 Å². The van der Waals surface area contributed by atoms with Gasteiger partial charge in [-0.2, -0.15) is 0 Å². The highest BCUT2D eigenvalue weighted by Gasteiger charge is 2.51. The van der Waals surface area contributed by atoms with Crippen molar-refractivity contribution in [1.29, 1.82) is 0 Å². The van der Waals surface area contributed by atoms with Crippen molar-refractivity contribution < 1.29 is 28.4 Å². The molecule has 0 bridgehead atoms. The van der Waals surface area contributed by atoms with Gasteiger partial charge in [0.2, 0.25) is 0 Å². The molecule has 0 spiro atoms. The number of hydrogen-bond donors (Lipinski definition) is 0. The van der Waals surface area contributed by atoms with Gasteiger partial charge in [-0.25, -0.2) is 0 Å². The van der Waals surface area contributed by atoms with E-state index in [0.717, 1.165) is 28.2 Å². The number of fused-ring (bicyclic) bond motifs is 1. The van der Waals surface area contributed by atoms with Crippen LogP contribution in [0, 0.1) is 0 Å². The average molecular weight is 523 g/mol. The summed E-state index contributed by atoms with van der Waals surface area (Å²) in [5.74, 6) is 1.71. The second-order valence-corrected chi connectivity index (χ2v) is 10.4. The number of benzene rings is 3. The van der Waals surface area contributed by atoms with Crippen LogP contribution < -0.4 is 4.74 Å². The predicted molar refractivity (Wildman–Crippen MR) is 143 cm³/mol. The largest absolute Gasteiger partial charge is 0.497 e. The van der Waals surface area contributed by atoms with E-state index in [-0.39, 0.29) is 29.9 Å². The Hall–Kier alpha value is -2.39. The van der Waals surface area contributed by atoms with E-state index in [1.54, 1.807) is 18.9 Å². The molecule has 1 unspecified atom stereocenters. The Kier molecular flexibility index (Phi) is 9.15. The van der Waals surface area contributed by atoms with Gasteiger partial charge in [0.1, 0.15) is 35.6 Å². The molecule has 196 valence electrons. The third-order valence-electron chi connectivity index (χ3n) is 6.57. The molecule has 0 radical (unpaired) electrons. The van der Waals surface area contributed by atoms with E-state index in [1.807, 2.05) is 72.8 Å². The molecule has 0 aromatic heterocycles. The van der Waals surface area contributed by atoms with Gasteiger partial charge in [0.05, 0.1) is 26.9 Å². The average Bonchev–Trinajstić information content (AvgIpc) is 2.96. The fourth-order valence-corrected chi connectivity index (χ4v) is 5.64. The Morgan fingerprint density at radius 1 is 0.784 bits per heavy atom. The smallest absolute Gasteiger partial charge is 0.184 e. The van der Waals surface area contributed by atoms with Crippen molar-refractivity contribution in [3.05, 3.63) is 102 Å². The van der Waals surface area contributed by atoms with Gasteiger partial charge in [0.15, 0.2) is 6.29 Å². The second-order valence-electron chi connectivity index (χ2n) is 9.06. The van der Waals surface area contributed by atoms with Crippen molar-refractivity contribution in [2.45, 2.75) is 56.3 Å². The lowest BCUT2D eigenvalue weighted by Gasteiger charge is -2.49. The molecule has 0 saturated carbocycles. The molecule has 2 aliphatic heterocycles. The van der Waals surface area contributed by atoms with Crippen LogP contribution in [-0.2, 0) is 36.9 Å². The third kappa shape index (κ3) is 6.55. The SMILES string of the molecule is CCS[C@@H]1O[C@@H]2COC(c3ccccc3)O[C@H]2[C@H](OCc2ccccc2)[C@H]1OCc1ccc(OC)cc1. The van der Waals surface area contributed by atoms with Crippen LogP contribution in [0.25, 0.3) is 0 Å². The lowest BCUT2D eigenvalue weighted by molar-refractivity contribution is -0.329. The quantitative estimate of drug-likeness (QED) is 0.336. The maximum atomic E-state index is 6.62. The first-order chi connectivity index (χ1) is 18.2. The summed E-state index contributed by atoms with van der Waals surface area (Å²) in [5, 5.41) is 0. The Morgan fingerprint density at radius 2 is 1.43 bits per heavy atom. The summed E-state index contributed by atoms with van der Waals surface area (Å²) >= 11 is 1.72. The molecule has 6 atom stereocenters. The molecular weight excluding hydrogens is 488 g/mol. The number of ether oxygens (including phenoxy) is 6. The van der Waals surface area contributed by atoms with Gasteiger partial charge in [0, 0.05) is 5.56 Å². The molecule has 3 aromatic carbocycles. The van der Waals surface area contributed by atoms with Crippen LogP contribution in [-0.4, -0.2) is 49.3 Å². The number of rotatable bonds is 10. The summed E-state index contributed by atoms with van der Waals surface area (Å²) in [4.78, 5) is 0. The molecule has 0 N–H and O–H groups in total. The van der Waals surface area contributed by atoms with Gasteiger partial charge >= 0.3 is 0 Å². The van der Waals surface area contributed by atoms with Crippen LogP contribution in [0.2, 0.25) is 0 Å². The zero-order valence-corrected chi connectivity index (χ0v) is 22.0. The van der Waals surface area contributed by atoms with Gasteiger partial charge in [0.25, 0.3) is 0 Å². The van der Waals surface area contributed by atoms with Crippen LogP contribution in [0.3, 0.4) is 0 Å². The van der Waals surface area contributed by atoms with E-state index in [1.165, 1.54) is 0 Å². The Morgan fingerprint density at radius 3 is 2.11 bits per heavy atom. The van der Waals surface area contributed by atoms with Gasteiger partial charge in [-0.3, -0.25) is 0 Å². The van der Waals surface area contributed by atoms with E-state index in [0.29, 0.717) is 19.8 Å². The summed E-state index contributed by atoms with van der Waals surface area (Å²) < 4.78 is 37.6. The number of methoxy groups -OCH3 is 1. The van der Waals surface area contributed by atoms with Crippen LogP contribution >= 0.6 is 11.8 Å². The lowest BCUT2D eigenvalue weighted by atomic mass is 9.98. The van der Waals surface area contributed by atoms with Crippen molar-refractivity contribution >= 4 is 11.8 Å². The molecular formula is C30H34O6S. The van der Waals surface area contributed by atoms with E-state index in [9.17, 15) is 0 Å². The molecule has 6 nitrogen and oxygen atoms in total. The molecule has 7 heteroatoms. The lowest BCUT2D eigenvalue weighted by Crippen LogP contribution is -2.62. The first-order valence-corrected chi connectivity index (χ1v) is 13.8. The normalized spacial score (nSPS) is 27.4. The Bertz CT molecular complexity index is 1080. The van der Waals surface area contributed by atoms with E-state index >= 15 is 0 Å². The molecule has 2 saturated heterocycles. The monoisotopic (exact) mass is 522 g/mol. The molecule has 37 heavy (non-hydrogen) atoms. The number of hydrogen-bond acceptors (Lipinski definition) is 7. The number of thioether (sulfide) groups is 1.